The van der Waals surface area contributed by atoms with Crippen molar-refractivity contribution in [1.82, 2.24) is 0 Å². The highest BCUT2D eigenvalue weighted by molar-refractivity contribution is 9.09. The molecule has 1 heteroatoms. The van der Waals surface area contributed by atoms with Crippen molar-refractivity contribution in [3.05, 3.63) is 34.4 Å². The van der Waals surface area contributed by atoms with Gasteiger partial charge < -0.3 is 0 Å². The van der Waals surface area contributed by atoms with E-state index in [9.17, 15) is 0 Å². The van der Waals surface area contributed by atoms with Crippen LogP contribution in [-0.2, 0) is 6.42 Å². The van der Waals surface area contributed by atoms with Crippen LogP contribution in [0.25, 0.3) is 0 Å². The maximum atomic E-state index is 3.98. The molecule has 1 aliphatic rings. The van der Waals surface area contributed by atoms with Gasteiger partial charge in [0.05, 0.1) is 0 Å². The summed E-state index contributed by atoms with van der Waals surface area (Å²) < 4.78 is 0. The Balaban J connectivity index is 2.58. The predicted molar refractivity (Wildman–Crippen MR) is 93.0 cm³/mol. The predicted octanol–water partition coefficient (Wildman–Crippen LogP) is 6.73. The fourth-order valence-corrected chi connectivity index (χ4v) is 4.60. The van der Waals surface area contributed by atoms with Crippen molar-refractivity contribution in [1.29, 1.82) is 0 Å². The fraction of sp³-hybridized carbons (Fsp3) is 0.684. The number of hydrogen-bond donors (Lipinski definition) is 0. The molecule has 0 bridgehead atoms. The number of halogens is 1. The zero-order valence-corrected chi connectivity index (χ0v) is 15.5. The van der Waals surface area contributed by atoms with Gasteiger partial charge in [-0.1, -0.05) is 69.6 Å². The summed E-state index contributed by atoms with van der Waals surface area (Å²) in [6, 6.07) is 4.93. The smallest absolute Gasteiger partial charge is 0.0403 e. The van der Waals surface area contributed by atoms with Crippen molar-refractivity contribution in [3.8, 4) is 0 Å². The Bertz CT molecular complexity index is 483. The molecule has 0 aliphatic heterocycles. The monoisotopic (exact) mass is 336 g/mol. The second kappa shape index (κ2) is 5.83. The Hall–Kier alpha value is -0.300. The molecule has 1 unspecified atom stereocenters. The molecular formula is C19H29Br. The second-order valence-electron chi connectivity index (χ2n) is 7.82. The van der Waals surface area contributed by atoms with Crippen LogP contribution < -0.4 is 0 Å². The number of fused-ring (bicyclic) bond motifs is 1. The maximum Gasteiger partial charge on any atom is 0.0403 e. The summed E-state index contributed by atoms with van der Waals surface area (Å²) >= 11 is 3.98. The molecule has 0 saturated carbocycles. The molecule has 0 nitrogen and oxygen atoms in total. The van der Waals surface area contributed by atoms with E-state index in [0.29, 0.717) is 22.1 Å². The zero-order chi connectivity index (χ0) is 15.1. The standard InChI is InChI=1S/C19H29Br/c1-12(2)14-9-16(13(3)4)15-7-8-19(5,6)11-18(20)17(15)10-14/h9-10,12-13,18H,7-8,11H2,1-6H3. The van der Waals surface area contributed by atoms with Gasteiger partial charge in [0.25, 0.3) is 0 Å². The Morgan fingerprint density at radius 1 is 1.10 bits per heavy atom. The molecule has 1 aromatic rings. The lowest BCUT2D eigenvalue weighted by atomic mass is 9.84. The van der Waals surface area contributed by atoms with Crippen LogP contribution in [0.3, 0.4) is 0 Å². The summed E-state index contributed by atoms with van der Waals surface area (Å²) in [7, 11) is 0. The summed E-state index contributed by atoms with van der Waals surface area (Å²) in [6.07, 6.45) is 3.76. The van der Waals surface area contributed by atoms with Gasteiger partial charge in [-0.2, -0.15) is 0 Å². The molecular weight excluding hydrogens is 308 g/mol. The molecule has 0 saturated heterocycles. The van der Waals surface area contributed by atoms with Crippen molar-refractivity contribution in [2.45, 2.75) is 77.5 Å². The Kier molecular flexibility index (Phi) is 4.69. The zero-order valence-electron chi connectivity index (χ0n) is 13.9. The first kappa shape index (κ1) is 16.1. The van der Waals surface area contributed by atoms with Gasteiger partial charge >= 0.3 is 0 Å². The van der Waals surface area contributed by atoms with Crippen LogP contribution in [0.5, 0.6) is 0 Å². The van der Waals surface area contributed by atoms with Crippen molar-refractivity contribution >= 4 is 15.9 Å². The van der Waals surface area contributed by atoms with E-state index in [-0.39, 0.29) is 0 Å². The Labute approximate surface area is 133 Å². The van der Waals surface area contributed by atoms with Crippen LogP contribution in [0.4, 0.5) is 0 Å². The van der Waals surface area contributed by atoms with E-state index in [1.54, 1.807) is 16.7 Å². The molecule has 0 N–H and O–H groups in total. The minimum absolute atomic E-state index is 0.430. The van der Waals surface area contributed by atoms with Gasteiger partial charge in [0.2, 0.25) is 0 Å². The van der Waals surface area contributed by atoms with E-state index in [1.165, 1.54) is 24.8 Å². The molecule has 20 heavy (non-hydrogen) atoms. The molecule has 1 aliphatic carbocycles. The molecule has 1 aromatic carbocycles. The third-order valence-electron chi connectivity index (χ3n) is 4.75. The van der Waals surface area contributed by atoms with Crippen molar-refractivity contribution < 1.29 is 0 Å². The normalized spacial score (nSPS) is 21.9. The maximum absolute atomic E-state index is 3.98. The molecule has 0 radical (unpaired) electrons. The summed E-state index contributed by atoms with van der Waals surface area (Å²) in [4.78, 5) is 0.506. The summed E-state index contributed by atoms with van der Waals surface area (Å²) in [5.41, 5.74) is 6.69. The van der Waals surface area contributed by atoms with Crippen molar-refractivity contribution in [2.75, 3.05) is 0 Å². The van der Waals surface area contributed by atoms with Gasteiger partial charge in [0.15, 0.2) is 0 Å². The van der Waals surface area contributed by atoms with Gasteiger partial charge in [-0.15, -0.1) is 0 Å². The van der Waals surface area contributed by atoms with Crippen LogP contribution in [0.15, 0.2) is 12.1 Å². The minimum atomic E-state index is 0.430. The van der Waals surface area contributed by atoms with E-state index < -0.39 is 0 Å². The van der Waals surface area contributed by atoms with Gasteiger partial charge in [-0.3, -0.25) is 0 Å². The molecule has 2 rings (SSSR count). The van der Waals surface area contributed by atoms with Crippen LogP contribution in [0, 0.1) is 5.41 Å². The average molecular weight is 337 g/mol. The lowest BCUT2D eigenvalue weighted by Crippen LogP contribution is -2.11. The lowest BCUT2D eigenvalue weighted by Gasteiger charge is -2.24. The first-order chi connectivity index (χ1) is 9.21. The summed E-state index contributed by atoms with van der Waals surface area (Å²) in [6.45, 7) is 14.1. The highest BCUT2D eigenvalue weighted by atomic mass is 79.9. The third kappa shape index (κ3) is 3.30. The number of alkyl halides is 1. The van der Waals surface area contributed by atoms with Crippen LogP contribution >= 0.6 is 15.9 Å². The van der Waals surface area contributed by atoms with E-state index in [0.717, 1.165) is 0 Å². The minimum Gasteiger partial charge on any atom is -0.0838 e. The average Bonchev–Trinajstić information content (AvgIpc) is 2.44. The molecule has 0 aromatic heterocycles. The third-order valence-corrected chi connectivity index (χ3v) is 5.57. The van der Waals surface area contributed by atoms with Gasteiger partial charge in [-0.05, 0) is 58.8 Å². The molecule has 112 valence electrons. The van der Waals surface area contributed by atoms with Gasteiger partial charge in [0, 0.05) is 4.83 Å². The van der Waals surface area contributed by atoms with E-state index in [1.807, 2.05) is 0 Å². The molecule has 0 amide bonds. The Morgan fingerprint density at radius 2 is 1.75 bits per heavy atom. The van der Waals surface area contributed by atoms with Crippen molar-refractivity contribution in [2.24, 2.45) is 5.41 Å². The number of benzene rings is 1. The first-order valence-corrected chi connectivity index (χ1v) is 8.93. The SMILES string of the molecule is CC(C)c1cc(C(C)C)c2c(c1)C(Br)CC(C)(C)CC2. The largest absolute Gasteiger partial charge is 0.0838 e. The second-order valence-corrected chi connectivity index (χ2v) is 8.93. The lowest BCUT2D eigenvalue weighted by molar-refractivity contribution is 0.316. The van der Waals surface area contributed by atoms with E-state index >= 15 is 0 Å². The molecule has 0 fully saturated rings. The quantitative estimate of drug-likeness (QED) is 0.414. The van der Waals surface area contributed by atoms with Gasteiger partial charge in [-0.25, -0.2) is 0 Å². The van der Waals surface area contributed by atoms with E-state index in [2.05, 4.69) is 69.6 Å². The first-order valence-electron chi connectivity index (χ1n) is 8.02. The molecule has 0 spiro atoms. The number of hydrogen-bond acceptors (Lipinski definition) is 0. The highest BCUT2D eigenvalue weighted by Gasteiger charge is 2.30. The van der Waals surface area contributed by atoms with Crippen LogP contribution in [-0.4, -0.2) is 0 Å². The van der Waals surface area contributed by atoms with E-state index in [4.69, 9.17) is 0 Å². The molecule has 1 atom stereocenters. The number of rotatable bonds is 2. The molecule has 0 heterocycles. The van der Waals surface area contributed by atoms with Gasteiger partial charge in [0.1, 0.15) is 0 Å². The summed E-state index contributed by atoms with van der Waals surface area (Å²) in [5.74, 6) is 1.22. The summed E-state index contributed by atoms with van der Waals surface area (Å²) in [5, 5.41) is 0. The van der Waals surface area contributed by atoms with Crippen LogP contribution in [0.2, 0.25) is 0 Å². The Morgan fingerprint density at radius 3 is 2.30 bits per heavy atom. The van der Waals surface area contributed by atoms with Crippen molar-refractivity contribution in [3.63, 3.8) is 0 Å². The van der Waals surface area contributed by atoms with Crippen LogP contribution in [0.1, 0.15) is 93.3 Å². The fourth-order valence-electron chi connectivity index (χ4n) is 3.32. The topological polar surface area (TPSA) is 0 Å². The highest BCUT2D eigenvalue weighted by Crippen LogP contribution is 2.46.